The van der Waals surface area contributed by atoms with Gasteiger partial charge in [-0.1, -0.05) is 24.3 Å². The molecule has 0 spiro atoms. The van der Waals surface area contributed by atoms with Crippen LogP contribution >= 0.6 is 0 Å². The van der Waals surface area contributed by atoms with Crippen molar-refractivity contribution in [2.45, 2.75) is 18.9 Å². The van der Waals surface area contributed by atoms with Crippen molar-refractivity contribution in [2.24, 2.45) is 0 Å². The third-order valence-corrected chi connectivity index (χ3v) is 3.89. The molecule has 108 valence electrons. The highest BCUT2D eigenvalue weighted by Gasteiger charge is 2.32. The number of rotatable bonds is 3. The van der Waals surface area contributed by atoms with Crippen LogP contribution in [0.1, 0.15) is 34.8 Å². The molecular formula is C17H18N2O2. The number of ether oxygens (including phenoxy) is 1. The Hall–Kier alpha value is -2.36. The van der Waals surface area contributed by atoms with E-state index in [9.17, 15) is 4.79 Å². The quantitative estimate of drug-likeness (QED) is 0.869. The molecule has 4 nitrogen and oxygen atoms in total. The van der Waals surface area contributed by atoms with Crippen LogP contribution < -0.4 is 4.74 Å². The van der Waals surface area contributed by atoms with Crippen LogP contribution in [0.5, 0.6) is 5.88 Å². The molecule has 2 heterocycles. The third kappa shape index (κ3) is 2.61. The topological polar surface area (TPSA) is 42.4 Å². The minimum Gasteiger partial charge on any atom is -0.481 e. The second-order valence-electron chi connectivity index (χ2n) is 5.12. The van der Waals surface area contributed by atoms with Crippen molar-refractivity contribution in [3.63, 3.8) is 0 Å². The normalized spacial score (nSPS) is 17.8. The van der Waals surface area contributed by atoms with Crippen LogP contribution in [0.25, 0.3) is 0 Å². The Morgan fingerprint density at radius 1 is 1.24 bits per heavy atom. The fourth-order valence-electron chi connectivity index (χ4n) is 2.91. The van der Waals surface area contributed by atoms with E-state index in [2.05, 4.69) is 4.98 Å². The SMILES string of the molecule is COc1ncccc1C1CCCN1C(=O)c1ccccc1. The van der Waals surface area contributed by atoms with E-state index in [0.717, 1.165) is 30.5 Å². The van der Waals surface area contributed by atoms with Crippen LogP contribution in [0.2, 0.25) is 0 Å². The van der Waals surface area contributed by atoms with E-state index in [4.69, 9.17) is 4.74 Å². The first kappa shape index (κ1) is 13.6. The lowest BCUT2D eigenvalue weighted by Crippen LogP contribution is -2.30. The van der Waals surface area contributed by atoms with E-state index in [-0.39, 0.29) is 11.9 Å². The van der Waals surface area contributed by atoms with E-state index < -0.39 is 0 Å². The lowest BCUT2D eigenvalue weighted by Gasteiger charge is -2.26. The van der Waals surface area contributed by atoms with Gasteiger partial charge in [-0.15, -0.1) is 0 Å². The number of carbonyl (C=O) groups excluding carboxylic acids is 1. The number of amides is 1. The van der Waals surface area contributed by atoms with Gasteiger partial charge in [0.1, 0.15) is 0 Å². The molecule has 1 aromatic carbocycles. The van der Waals surface area contributed by atoms with E-state index in [1.54, 1.807) is 13.3 Å². The number of pyridine rings is 1. The molecule has 4 heteroatoms. The summed E-state index contributed by atoms with van der Waals surface area (Å²) < 4.78 is 5.34. The number of carbonyl (C=O) groups is 1. The van der Waals surface area contributed by atoms with Gasteiger partial charge in [0.15, 0.2) is 0 Å². The summed E-state index contributed by atoms with van der Waals surface area (Å²) in [5, 5.41) is 0. The Morgan fingerprint density at radius 3 is 2.81 bits per heavy atom. The number of methoxy groups -OCH3 is 1. The van der Waals surface area contributed by atoms with Gasteiger partial charge in [-0.25, -0.2) is 4.98 Å². The summed E-state index contributed by atoms with van der Waals surface area (Å²) in [6, 6.07) is 13.3. The average Bonchev–Trinajstić information content (AvgIpc) is 3.04. The number of hydrogen-bond donors (Lipinski definition) is 0. The first-order chi connectivity index (χ1) is 10.3. The summed E-state index contributed by atoms with van der Waals surface area (Å²) in [5.41, 5.74) is 1.72. The van der Waals surface area contributed by atoms with Gasteiger partial charge in [0.25, 0.3) is 5.91 Å². The number of benzene rings is 1. The monoisotopic (exact) mass is 282 g/mol. The summed E-state index contributed by atoms with van der Waals surface area (Å²) in [7, 11) is 1.62. The van der Waals surface area contributed by atoms with Crippen molar-refractivity contribution in [3.05, 3.63) is 59.8 Å². The minimum absolute atomic E-state index is 0.0429. The predicted molar refractivity (Wildman–Crippen MR) is 80.2 cm³/mol. The highest BCUT2D eigenvalue weighted by molar-refractivity contribution is 5.94. The van der Waals surface area contributed by atoms with Crippen molar-refractivity contribution in [2.75, 3.05) is 13.7 Å². The second-order valence-corrected chi connectivity index (χ2v) is 5.12. The van der Waals surface area contributed by atoms with Crippen molar-refractivity contribution >= 4 is 5.91 Å². The standard InChI is InChI=1S/C17H18N2O2/c1-21-16-14(9-5-11-18-16)15-10-6-12-19(15)17(20)13-7-3-2-4-8-13/h2-5,7-9,11,15H,6,10,12H2,1H3. The molecular weight excluding hydrogens is 264 g/mol. The first-order valence-corrected chi connectivity index (χ1v) is 7.16. The Bertz CT molecular complexity index is 628. The van der Waals surface area contributed by atoms with Crippen LogP contribution in [0, 0.1) is 0 Å². The Morgan fingerprint density at radius 2 is 2.05 bits per heavy atom. The molecule has 1 aromatic heterocycles. The summed E-state index contributed by atoms with van der Waals surface area (Å²) in [5.74, 6) is 0.680. The number of nitrogens with zero attached hydrogens (tertiary/aromatic N) is 2. The van der Waals surface area contributed by atoms with Crippen LogP contribution in [0.3, 0.4) is 0 Å². The zero-order valence-corrected chi connectivity index (χ0v) is 12.0. The molecule has 2 aromatic rings. The van der Waals surface area contributed by atoms with Gasteiger partial charge in [-0.2, -0.15) is 0 Å². The van der Waals surface area contributed by atoms with Gasteiger partial charge in [0.2, 0.25) is 5.88 Å². The Kier molecular flexibility index (Phi) is 3.86. The molecule has 0 bridgehead atoms. The van der Waals surface area contributed by atoms with Gasteiger partial charge in [-0.05, 0) is 31.0 Å². The van der Waals surface area contributed by atoms with Gasteiger partial charge in [0, 0.05) is 23.9 Å². The molecule has 1 atom stereocenters. The summed E-state index contributed by atoms with van der Waals surface area (Å²) >= 11 is 0. The van der Waals surface area contributed by atoms with Crippen molar-refractivity contribution in [1.29, 1.82) is 0 Å². The number of likely N-dealkylation sites (tertiary alicyclic amines) is 1. The molecule has 0 N–H and O–H groups in total. The van der Waals surface area contributed by atoms with E-state index >= 15 is 0 Å². The van der Waals surface area contributed by atoms with Crippen LogP contribution in [-0.4, -0.2) is 29.4 Å². The summed E-state index contributed by atoms with van der Waals surface area (Å²) in [6.07, 6.45) is 3.66. The van der Waals surface area contributed by atoms with Crippen molar-refractivity contribution in [1.82, 2.24) is 9.88 Å². The smallest absolute Gasteiger partial charge is 0.254 e. The number of aromatic nitrogens is 1. The van der Waals surface area contributed by atoms with Crippen molar-refractivity contribution in [3.8, 4) is 5.88 Å². The molecule has 1 saturated heterocycles. The molecule has 1 amide bonds. The van der Waals surface area contributed by atoms with Crippen LogP contribution in [-0.2, 0) is 0 Å². The Balaban J connectivity index is 1.91. The van der Waals surface area contributed by atoms with E-state index in [1.807, 2.05) is 47.4 Å². The zero-order chi connectivity index (χ0) is 14.7. The zero-order valence-electron chi connectivity index (χ0n) is 12.0. The maximum Gasteiger partial charge on any atom is 0.254 e. The van der Waals surface area contributed by atoms with Gasteiger partial charge in [-0.3, -0.25) is 4.79 Å². The second kappa shape index (κ2) is 5.95. The maximum absolute atomic E-state index is 12.7. The first-order valence-electron chi connectivity index (χ1n) is 7.16. The molecule has 0 aliphatic carbocycles. The lowest BCUT2D eigenvalue weighted by molar-refractivity contribution is 0.0734. The molecule has 21 heavy (non-hydrogen) atoms. The van der Waals surface area contributed by atoms with E-state index in [0.29, 0.717) is 5.88 Å². The van der Waals surface area contributed by atoms with E-state index in [1.165, 1.54) is 0 Å². The fraction of sp³-hybridized carbons (Fsp3) is 0.294. The third-order valence-electron chi connectivity index (χ3n) is 3.89. The summed E-state index contributed by atoms with van der Waals surface area (Å²) in [6.45, 7) is 0.774. The minimum atomic E-state index is 0.0429. The molecule has 3 rings (SSSR count). The van der Waals surface area contributed by atoms with Crippen molar-refractivity contribution < 1.29 is 9.53 Å². The number of hydrogen-bond acceptors (Lipinski definition) is 3. The highest BCUT2D eigenvalue weighted by atomic mass is 16.5. The average molecular weight is 282 g/mol. The van der Waals surface area contributed by atoms with Gasteiger partial charge >= 0.3 is 0 Å². The van der Waals surface area contributed by atoms with Crippen LogP contribution in [0.15, 0.2) is 48.7 Å². The fourth-order valence-corrected chi connectivity index (χ4v) is 2.91. The predicted octanol–water partition coefficient (Wildman–Crippen LogP) is 3.07. The molecule has 1 aliphatic heterocycles. The highest BCUT2D eigenvalue weighted by Crippen LogP contribution is 2.36. The van der Waals surface area contributed by atoms with Crippen LogP contribution in [0.4, 0.5) is 0 Å². The maximum atomic E-state index is 12.7. The van der Waals surface area contributed by atoms with Gasteiger partial charge in [0.05, 0.1) is 13.2 Å². The molecule has 0 radical (unpaired) electrons. The Labute approximate surface area is 124 Å². The molecule has 0 saturated carbocycles. The molecule has 1 fully saturated rings. The molecule has 1 aliphatic rings. The van der Waals surface area contributed by atoms with Gasteiger partial charge < -0.3 is 9.64 Å². The lowest BCUT2D eigenvalue weighted by atomic mass is 10.1. The molecule has 1 unspecified atom stereocenters. The largest absolute Gasteiger partial charge is 0.481 e. The summed E-state index contributed by atoms with van der Waals surface area (Å²) in [4.78, 5) is 18.9.